The van der Waals surface area contributed by atoms with E-state index in [4.69, 9.17) is 4.74 Å². The molecule has 2 aliphatic carbocycles. The highest BCUT2D eigenvalue weighted by molar-refractivity contribution is 5.85. The van der Waals surface area contributed by atoms with Crippen molar-refractivity contribution in [3.8, 4) is 11.1 Å². The Morgan fingerprint density at radius 1 is 1.00 bits per heavy atom. The summed E-state index contributed by atoms with van der Waals surface area (Å²) in [7, 11) is 0. The summed E-state index contributed by atoms with van der Waals surface area (Å²) in [6.07, 6.45) is 3.47. The van der Waals surface area contributed by atoms with E-state index in [0.29, 0.717) is 13.0 Å². The Labute approximate surface area is 205 Å². The summed E-state index contributed by atoms with van der Waals surface area (Å²) in [5, 5.41) is 12.5. The largest absolute Gasteiger partial charge is 0.480 e. The SMILES string of the molecule is CC(CC(=O)N1CCCC[C@H]1C(=O)O)(NC(=O)OCC1c2ccccc2-c2ccccc21)C1CC1. The Hall–Kier alpha value is -3.35. The van der Waals surface area contributed by atoms with E-state index in [1.807, 2.05) is 31.2 Å². The molecule has 1 heterocycles. The summed E-state index contributed by atoms with van der Waals surface area (Å²) >= 11 is 0. The van der Waals surface area contributed by atoms with E-state index < -0.39 is 23.6 Å². The van der Waals surface area contributed by atoms with Gasteiger partial charge in [-0.2, -0.15) is 0 Å². The summed E-state index contributed by atoms with van der Waals surface area (Å²) in [6, 6.07) is 15.6. The molecule has 1 saturated carbocycles. The topological polar surface area (TPSA) is 95.9 Å². The highest BCUT2D eigenvalue weighted by atomic mass is 16.5. The van der Waals surface area contributed by atoms with Gasteiger partial charge in [0.25, 0.3) is 0 Å². The van der Waals surface area contributed by atoms with Crippen molar-refractivity contribution in [2.24, 2.45) is 5.92 Å². The van der Waals surface area contributed by atoms with Gasteiger partial charge in [0.15, 0.2) is 0 Å². The van der Waals surface area contributed by atoms with Gasteiger partial charge in [0, 0.05) is 12.5 Å². The van der Waals surface area contributed by atoms with Crippen LogP contribution in [0.1, 0.15) is 62.5 Å². The lowest BCUT2D eigenvalue weighted by Gasteiger charge is -2.37. The second kappa shape index (κ2) is 9.36. The minimum atomic E-state index is -0.962. The number of nitrogens with zero attached hydrogens (tertiary/aromatic N) is 1. The van der Waals surface area contributed by atoms with Crippen LogP contribution in [0.15, 0.2) is 48.5 Å². The quantitative estimate of drug-likeness (QED) is 0.611. The molecule has 2 N–H and O–H groups in total. The average molecular weight is 477 g/mol. The minimum Gasteiger partial charge on any atom is -0.480 e. The normalized spacial score (nSPS) is 20.9. The first-order valence-electron chi connectivity index (χ1n) is 12.5. The lowest BCUT2D eigenvalue weighted by atomic mass is 9.90. The standard InChI is InChI=1S/C28H32N2O5/c1-28(18-13-14-18,16-25(31)30-15-7-6-12-24(30)26(32)33)29-27(34)35-17-23-21-10-4-2-8-19(21)20-9-3-5-11-22(20)23/h2-5,8-11,18,23-24H,6-7,12-17H2,1H3,(H,29,34)(H,32,33)/t24-,28?/m0/s1. The van der Waals surface area contributed by atoms with Gasteiger partial charge in [0.2, 0.25) is 5.91 Å². The molecule has 5 rings (SSSR count). The number of carbonyl (C=O) groups is 3. The number of carbonyl (C=O) groups excluding carboxylic acids is 2. The van der Waals surface area contributed by atoms with E-state index in [1.54, 1.807) is 0 Å². The summed E-state index contributed by atoms with van der Waals surface area (Å²) < 4.78 is 5.73. The molecule has 0 radical (unpaired) electrons. The van der Waals surface area contributed by atoms with Crippen LogP contribution < -0.4 is 5.32 Å². The molecule has 1 unspecified atom stereocenters. The molecule has 35 heavy (non-hydrogen) atoms. The molecule has 2 aromatic carbocycles. The number of hydrogen-bond donors (Lipinski definition) is 2. The number of likely N-dealkylation sites (tertiary alicyclic amines) is 1. The van der Waals surface area contributed by atoms with E-state index >= 15 is 0 Å². The third-order valence-electron chi connectivity index (χ3n) is 7.84. The van der Waals surface area contributed by atoms with Crippen LogP contribution >= 0.6 is 0 Å². The van der Waals surface area contributed by atoms with Gasteiger partial charge < -0.3 is 20.1 Å². The fraction of sp³-hybridized carbons (Fsp3) is 0.464. The Bertz CT molecular complexity index is 1100. The molecule has 0 spiro atoms. The monoisotopic (exact) mass is 476 g/mol. The number of carboxylic acid groups (broad SMARTS) is 1. The minimum absolute atomic E-state index is 0.0355. The van der Waals surface area contributed by atoms with Gasteiger partial charge in [-0.1, -0.05) is 48.5 Å². The molecule has 2 atom stereocenters. The number of amides is 2. The molecule has 3 aliphatic rings. The summed E-state index contributed by atoms with van der Waals surface area (Å²) in [6.45, 7) is 2.53. The molecule has 7 nitrogen and oxygen atoms in total. The fourth-order valence-corrected chi connectivity index (χ4v) is 5.78. The maximum Gasteiger partial charge on any atom is 0.407 e. The van der Waals surface area contributed by atoms with Crippen LogP contribution in [-0.4, -0.2) is 52.7 Å². The Kier molecular flexibility index (Phi) is 6.26. The first-order chi connectivity index (χ1) is 16.9. The highest BCUT2D eigenvalue weighted by Gasteiger charge is 2.46. The van der Waals surface area contributed by atoms with E-state index in [-0.39, 0.29) is 30.8 Å². The van der Waals surface area contributed by atoms with Crippen LogP contribution in [0.5, 0.6) is 0 Å². The molecular weight excluding hydrogens is 444 g/mol. The zero-order valence-electron chi connectivity index (χ0n) is 20.0. The predicted octanol–water partition coefficient (Wildman–Crippen LogP) is 4.55. The highest BCUT2D eigenvalue weighted by Crippen LogP contribution is 2.45. The fourth-order valence-electron chi connectivity index (χ4n) is 5.78. The van der Waals surface area contributed by atoms with Gasteiger partial charge in [-0.05, 0) is 67.2 Å². The number of piperidine rings is 1. The van der Waals surface area contributed by atoms with Gasteiger partial charge in [-0.25, -0.2) is 9.59 Å². The number of hydrogen-bond acceptors (Lipinski definition) is 4. The number of carboxylic acids is 1. The second-order valence-electron chi connectivity index (χ2n) is 10.3. The Morgan fingerprint density at radius 3 is 2.23 bits per heavy atom. The first-order valence-corrected chi connectivity index (χ1v) is 12.5. The lowest BCUT2D eigenvalue weighted by Crippen LogP contribution is -2.54. The molecule has 7 heteroatoms. The van der Waals surface area contributed by atoms with Crippen molar-refractivity contribution in [1.82, 2.24) is 10.2 Å². The third kappa shape index (κ3) is 4.64. The van der Waals surface area contributed by atoms with Crippen molar-refractivity contribution < 1.29 is 24.2 Å². The molecule has 1 saturated heterocycles. The molecule has 0 bridgehead atoms. The van der Waals surface area contributed by atoms with Gasteiger partial charge in [0.1, 0.15) is 12.6 Å². The molecule has 1 aliphatic heterocycles. The summed E-state index contributed by atoms with van der Waals surface area (Å²) in [4.78, 5) is 39.2. The number of aliphatic carboxylic acids is 1. The molecule has 0 aromatic heterocycles. The maximum atomic E-state index is 13.2. The molecule has 2 aromatic rings. The second-order valence-corrected chi connectivity index (χ2v) is 10.3. The number of fused-ring (bicyclic) bond motifs is 3. The first kappa shape index (κ1) is 23.4. The van der Waals surface area contributed by atoms with Gasteiger partial charge in [-0.3, -0.25) is 4.79 Å². The maximum absolute atomic E-state index is 13.2. The molecule has 184 valence electrons. The summed E-state index contributed by atoms with van der Waals surface area (Å²) in [5.74, 6) is -1.03. The number of alkyl carbamates (subject to hydrolysis) is 1. The van der Waals surface area contributed by atoms with Crippen molar-refractivity contribution in [1.29, 1.82) is 0 Å². The number of rotatable bonds is 7. The van der Waals surface area contributed by atoms with Gasteiger partial charge >= 0.3 is 12.1 Å². The Morgan fingerprint density at radius 2 is 1.63 bits per heavy atom. The number of nitrogens with one attached hydrogen (secondary N) is 1. The molecular formula is C28H32N2O5. The van der Waals surface area contributed by atoms with E-state index in [2.05, 4.69) is 29.6 Å². The van der Waals surface area contributed by atoms with Crippen molar-refractivity contribution in [3.05, 3.63) is 59.7 Å². The smallest absolute Gasteiger partial charge is 0.407 e. The van der Waals surface area contributed by atoms with Gasteiger partial charge in [0.05, 0.1) is 12.0 Å². The summed E-state index contributed by atoms with van der Waals surface area (Å²) in [5.41, 5.74) is 3.86. The number of ether oxygens (including phenoxy) is 1. The van der Waals surface area contributed by atoms with E-state index in [9.17, 15) is 19.5 Å². The van der Waals surface area contributed by atoms with Gasteiger partial charge in [-0.15, -0.1) is 0 Å². The third-order valence-corrected chi connectivity index (χ3v) is 7.84. The zero-order chi connectivity index (χ0) is 24.6. The number of benzene rings is 2. The van der Waals surface area contributed by atoms with Crippen LogP contribution in [0.4, 0.5) is 4.79 Å². The van der Waals surface area contributed by atoms with E-state index in [0.717, 1.165) is 36.8 Å². The predicted molar refractivity (Wildman–Crippen MR) is 131 cm³/mol. The van der Waals surface area contributed by atoms with Crippen molar-refractivity contribution in [2.75, 3.05) is 13.2 Å². The van der Waals surface area contributed by atoms with Crippen LogP contribution in [-0.2, 0) is 14.3 Å². The molecule has 2 fully saturated rings. The average Bonchev–Trinajstić information content (AvgIpc) is 3.67. The van der Waals surface area contributed by atoms with Crippen LogP contribution in [0.2, 0.25) is 0 Å². The van der Waals surface area contributed by atoms with Crippen LogP contribution in [0, 0.1) is 5.92 Å². The molecule has 2 amide bonds. The van der Waals surface area contributed by atoms with Crippen molar-refractivity contribution >= 4 is 18.0 Å². The van der Waals surface area contributed by atoms with Crippen LogP contribution in [0.3, 0.4) is 0 Å². The van der Waals surface area contributed by atoms with Crippen LogP contribution in [0.25, 0.3) is 11.1 Å². The zero-order valence-corrected chi connectivity index (χ0v) is 20.0. The van der Waals surface area contributed by atoms with Crippen molar-refractivity contribution in [2.45, 2.75) is 62.9 Å². The lowest BCUT2D eigenvalue weighted by molar-refractivity contribution is -0.152. The van der Waals surface area contributed by atoms with E-state index in [1.165, 1.54) is 16.0 Å². The van der Waals surface area contributed by atoms with Crippen molar-refractivity contribution in [3.63, 3.8) is 0 Å². The Balaban J connectivity index is 1.25.